The van der Waals surface area contributed by atoms with Crippen molar-refractivity contribution in [2.24, 2.45) is 0 Å². The third-order valence-electron chi connectivity index (χ3n) is 5.44. The van der Waals surface area contributed by atoms with Gasteiger partial charge in [-0.2, -0.15) is 4.98 Å². The van der Waals surface area contributed by atoms with E-state index in [1.807, 2.05) is 97.2 Å². The van der Waals surface area contributed by atoms with Crippen LogP contribution in [0.25, 0.3) is 16.8 Å². The third kappa shape index (κ3) is 4.59. The van der Waals surface area contributed by atoms with Gasteiger partial charge in [-0.15, -0.1) is 5.10 Å². The molecule has 5 rings (SSSR count). The van der Waals surface area contributed by atoms with Gasteiger partial charge in [0.25, 0.3) is 5.91 Å². The van der Waals surface area contributed by atoms with Gasteiger partial charge in [0.05, 0.1) is 12.8 Å². The lowest BCUT2D eigenvalue weighted by Crippen LogP contribution is -2.22. The van der Waals surface area contributed by atoms with Crippen molar-refractivity contribution >= 4 is 23.2 Å². The van der Waals surface area contributed by atoms with E-state index in [2.05, 4.69) is 20.7 Å². The van der Waals surface area contributed by atoms with Gasteiger partial charge in [-0.25, -0.2) is 4.52 Å². The predicted octanol–water partition coefficient (Wildman–Crippen LogP) is 5.08. The fourth-order valence-corrected chi connectivity index (χ4v) is 3.70. The number of pyridine rings is 1. The van der Waals surface area contributed by atoms with E-state index >= 15 is 0 Å². The Morgan fingerprint density at radius 3 is 2.59 bits per heavy atom. The van der Waals surface area contributed by atoms with E-state index in [9.17, 15) is 4.79 Å². The molecule has 7 heteroatoms. The summed E-state index contributed by atoms with van der Waals surface area (Å²) in [5.41, 5.74) is 5.00. The zero-order valence-corrected chi connectivity index (χ0v) is 18.6. The van der Waals surface area contributed by atoms with Gasteiger partial charge < -0.3 is 15.4 Å². The van der Waals surface area contributed by atoms with E-state index in [1.54, 1.807) is 11.6 Å². The quantitative estimate of drug-likeness (QED) is 0.362. The second-order valence-corrected chi connectivity index (χ2v) is 7.73. The highest BCUT2D eigenvalue weighted by atomic mass is 16.5. The van der Waals surface area contributed by atoms with Crippen LogP contribution >= 0.6 is 0 Å². The zero-order valence-electron chi connectivity index (χ0n) is 18.6. The molecule has 0 unspecified atom stereocenters. The van der Waals surface area contributed by atoms with Crippen LogP contribution in [0.3, 0.4) is 0 Å². The number of methoxy groups -OCH3 is 1. The molecule has 7 nitrogen and oxygen atoms in total. The average Bonchev–Trinajstić information content (AvgIpc) is 3.30. The van der Waals surface area contributed by atoms with Crippen molar-refractivity contribution in [2.75, 3.05) is 12.4 Å². The van der Waals surface area contributed by atoms with Crippen LogP contribution in [-0.2, 0) is 6.54 Å². The van der Waals surface area contributed by atoms with Crippen LogP contribution in [0.4, 0.5) is 11.6 Å². The molecule has 2 aromatic heterocycles. The monoisotopic (exact) mass is 449 g/mol. The number of fused-ring (bicyclic) bond motifs is 1. The Morgan fingerprint density at radius 2 is 1.74 bits per heavy atom. The Balaban J connectivity index is 1.35. The third-order valence-corrected chi connectivity index (χ3v) is 5.44. The van der Waals surface area contributed by atoms with E-state index < -0.39 is 0 Å². The number of aromatic nitrogens is 3. The van der Waals surface area contributed by atoms with Crippen LogP contribution in [0.1, 0.15) is 15.9 Å². The van der Waals surface area contributed by atoms with Gasteiger partial charge in [-0.05, 0) is 47.5 Å². The molecule has 0 aliphatic heterocycles. The molecule has 168 valence electrons. The first-order valence-corrected chi connectivity index (χ1v) is 10.9. The maximum atomic E-state index is 12.7. The number of hydrogen-bond donors (Lipinski definition) is 2. The minimum Gasteiger partial charge on any atom is -0.495 e. The number of benzene rings is 3. The Morgan fingerprint density at radius 1 is 0.912 bits per heavy atom. The molecule has 0 bridgehead atoms. The Hall–Kier alpha value is -4.65. The molecular formula is C27H23N5O2. The van der Waals surface area contributed by atoms with E-state index in [4.69, 9.17) is 4.74 Å². The first kappa shape index (κ1) is 21.2. The van der Waals surface area contributed by atoms with Crippen LogP contribution in [-0.4, -0.2) is 27.6 Å². The standard InChI is InChI=1S/C27H23N5O2/c1-34-24-13-6-5-12-23(24)29-27-30-25-15-14-22(18-32(25)31-27)20-10-7-11-21(16-20)26(33)28-17-19-8-3-2-4-9-19/h2-16,18H,17H2,1H3,(H,28,33)(H,29,31). The van der Waals surface area contributed by atoms with E-state index in [0.29, 0.717) is 29.5 Å². The molecule has 0 saturated carbocycles. The van der Waals surface area contributed by atoms with Crippen LogP contribution in [0, 0.1) is 0 Å². The molecule has 0 aliphatic carbocycles. The Kier molecular flexibility index (Phi) is 5.90. The van der Waals surface area contributed by atoms with Gasteiger partial charge in [0, 0.05) is 23.9 Å². The zero-order chi connectivity index (χ0) is 23.3. The van der Waals surface area contributed by atoms with Crippen molar-refractivity contribution in [3.05, 3.63) is 108 Å². The molecule has 0 radical (unpaired) electrons. The summed E-state index contributed by atoms with van der Waals surface area (Å²) in [6.45, 7) is 0.483. The summed E-state index contributed by atoms with van der Waals surface area (Å²) >= 11 is 0. The molecule has 34 heavy (non-hydrogen) atoms. The average molecular weight is 450 g/mol. The lowest BCUT2D eigenvalue weighted by molar-refractivity contribution is 0.0951. The van der Waals surface area contributed by atoms with Crippen molar-refractivity contribution in [3.8, 4) is 16.9 Å². The van der Waals surface area contributed by atoms with E-state index in [1.165, 1.54) is 0 Å². The highest BCUT2D eigenvalue weighted by Gasteiger charge is 2.10. The summed E-state index contributed by atoms with van der Waals surface area (Å²) in [7, 11) is 1.62. The summed E-state index contributed by atoms with van der Waals surface area (Å²) < 4.78 is 7.10. The number of amides is 1. The predicted molar refractivity (Wildman–Crippen MR) is 132 cm³/mol. The number of rotatable bonds is 7. The Bertz CT molecular complexity index is 1450. The number of carbonyl (C=O) groups excluding carboxylic acids is 1. The van der Waals surface area contributed by atoms with Crippen molar-refractivity contribution in [1.29, 1.82) is 0 Å². The molecule has 1 amide bonds. The molecular weight excluding hydrogens is 426 g/mol. The normalized spacial score (nSPS) is 10.7. The SMILES string of the molecule is COc1ccccc1Nc1nc2ccc(-c3cccc(C(=O)NCc4ccccc4)c3)cn2n1. The number of ether oxygens (including phenoxy) is 1. The van der Waals surface area contributed by atoms with Crippen LogP contribution in [0.2, 0.25) is 0 Å². The summed E-state index contributed by atoms with van der Waals surface area (Å²) in [4.78, 5) is 17.2. The second-order valence-electron chi connectivity index (χ2n) is 7.73. The maximum Gasteiger partial charge on any atom is 0.251 e. The summed E-state index contributed by atoms with van der Waals surface area (Å²) in [5, 5.41) is 10.7. The minimum absolute atomic E-state index is 0.115. The molecule has 2 N–H and O–H groups in total. The molecule has 0 fully saturated rings. The topological polar surface area (TPSA) is 80.5 Å². The lowest BCUT2D eigenvalue weighted by Gasteiger charge is -2.08. The van der Waals surface area contributed by atoms with E-state index in [-0.39, 0.29) is 5.91 Å². The largest absolute Gasteiger partial charge is 0.495 e. The van der Waals surface area contributed by atoms with Gasteiger partial charge in [-0.3, -0.25) is 4.79 Å². The fourth-order valence-electron chi connectivity index (χ4n) is 3.70. The van der Waals surface area contributed by atoms with Gasteiger partial charge in [0.15, 0.2) is 5.65 Å². The molecule has 3 aromatic carbocycles. The summed E-state index contributed by atoms with van der Waals surface area (Å²) in [5.74, 6) is 1.07. The highest BCUT2D eigenvalue weighted by molar-refractivity contribution is 5.95. The highest BCUT2D eigenvalue weighted by Crippen LogP contribution is 2.26. The number of carbonyl (C=O) groups is 1. The van der Waals surface area contributed by atoms with Crippen LogP contribution < -0.4 is 15.4 Å². The number of nitrogens with one attached hydrogen (secondary N) is 2. The number of nitrogens with zero attached hydrogens (tertiary/aromatic N) is 3. The number of para-hydroxylation sites is 2. The first-order valence-electron chi connectivity index (χ1n) is 10.9. The van der Waals surface area contributed by atoms with Gasteiger partial charge in [0.1, 0.15) is 5.75 Å². The summed E-state index contributed by atoms with van der Waals surface area (Å²) in [6.07, 6.45) is 1.90. The minimum atomic E-state index is -0.115. The van der Waals surface area contributed by atoms with Gasteiger partial charge >= 0.3 is 0 Å². The second kappa shape index (κ2) is 9.46. The molecule has 0 atom stereocenters. The first-order chi connectivity index (χ1) is 16.7. The molecule has 0 saturated heterocycles. The van der Waals surface area contributed by atoms with Crippen LogP contribution in [0.5, 0.6) is 5.75 Å². The van der Waals surface area contributed by atoms with Crippen molar-refractivity contribution < 1.29 is 9.53 Å². The molecule has 0 aliphatic rings. The number of anilines is 2. The molecule has 5 aromatic rings. The fraction of sp³-hybridized carbons (Fsp3) is 0.0741. The van der Waals surface area contributed by atoms with Gasteiger partial charge in [-0.1, -0.05) is 54.6 Å². The Labute approximate surface area is 197 Å². The molecule has 2 heterocycles. The smallest absolute Gasteiger partial charge is 0.251 e. The molecule has 0 spiro atoms. The van der Waals surface area contributed by atoms with E-state index in [0.717, 1.165) is 22.4 Å². The van der Waals surface area contributed by atoms with Crippen molar-refractivity contribution in [1.82, 2.24) is 19.9 Å². The lowest BCUT2D eigenvalue weighted by atomic mass is 10.0. The van der Waals surface area contributed by atoms with Crippen molar-refractivity contribution in [2.45, 2.75) is 6.54 Å². The van der Waals surface area contributed by atoms with Crippen LogP contribution in [0.15, 0.2) is 97.2 Å². The maximum absolute atomic E-state index is 12.7. The number of hydrogen-bond acceptors (Lipinski definition) is 5. The van der Waals surface area contributed by atoms with Gasteiger partial charge in [0.2, 0.25) is 5.95 Å². The van der Waals surface area contributed by atoms with Crippen molar-refractivity contribution in [3.63, 3.8) is 0 Å². The summed E-state index contributed by atoms with van der Waals surface area (Å²) in [6, 6.07) is 28.9.